The first-order valence-corrected chi connectivity index (χ1v) is 8.18. The van der Waals surface area contributed by atoms with Gasteiger partial charge in [0, 0.05) is 41.0 Å². The maximum Gasteiger partial charge on any atom is 0.417 e. The van der Waals surface area contributed by atoms with Gasteiger partial charge in [0.1, 0.15) is 0 Å². The van der Waals surface area contributed by atoms with Gasteiger partial charge in [0.25, 0.3) is 0 Å². The smallest absolute Gasteiger partial charge is 0.368 e. The molecular formula is C19H14F3N3O2. The third-order valence-corrected chi connectivity index (χ3v) is 4.59. The number of carbonyl (C=O) groups is 1. The molecule has 0 spiro atoms. The first-order chi connectivity index (χ1) is 12.8. The van der Waals surface area contributed by atoms with Crippen molar-refractivity contribution in [3.8, 4) is 0 Å². The van der Waals surface area contributed by atoms with Gasteiger partial charge in [-0.2, -0.15) is 13.2 Å². The average molecular weight is 373 g/mol. The topological polar surface area (TPSA) is 78.1 Å². The lowest BCUT2D eigenvalue weighted by molar-refractivity contribution is -0.137. The van der Waals surface area contributed by atoms with Crippen molar-refractivity contribution in [2.24, 2.45) is 5.73 Å². The van der Waals surface area contributed by atoms with Gasteiger partial charge in [-0.05, 0) is 35.9 Å². The van der Waals surface area contributed by atoms with Crippen molar-refractivity contribution in [3.63, 3.8) is 0 Å². The van der Waals surface area contributed by atoms with Gasteiger partial charge in [-0.25, -0.2) is 0 Å². The van der Waals surface area contributed by atoms with Crippen LogP contribution in [0.4, 0.5) is 13.2 Å². The van der Waals surface area contributed by atoms with E-state index in [2.05, 4.69) is 9.97 Å². The molecule has 3 aromatic rings. The highest BCUT2D eigenvalue weighted by molar-refractivity contribution is 5.97. The minimum atomic E-state index is -4.42. The highest BCUT2D eigenvalue weighted by Gasteiger charge is 2.31. The molecule has 2 aromatic heterocycles. The molecule has 1 unspecified atom stereocenters. The van der Waals surface area contributed by atoms with Crippen LogP contribution in [0.1, 0.15) is 38.8 Å². The first kappa shape index (κ1) is 17.4. The second kappa shape index (κ2) is 6.31. The molecule has 0 saturated carbocycles. The van der Waals surface area contributed by atoms with E-state index >= 15 is 0 Å². The van der Waals surface area contributed by atoms with Crippen LogP contribution in [-0.2, 0) is 23.9 Å². The van der Waals surface area contributed by atoms with Crippen LogP contribution in [0.15, 0.2) is 42.7 Å². The summed E-state index contributed by atoms with van der Waals surface area (Å²) >= 11 is 0. The molecule has 3 heterocycles. The zero-order valence-corrected chi connectivity index (χ0v) is 14.0. The van der Waals surface area contributed by atoms with Crippen LogP contribution >= 0.6 is 0 Å². The normalized spacial score (nSPS) is 16.5. The predicted molar refractivity (Wildman–Crippen MR) is 90.7 cm³/mol. The molecule has 138 valence electrons. The summed E-state index contributed by atoms with van der Waals surface area (Å²) in [6, 6.07) is 7.34. The number of nitrogens with zero attached hydrogens (tertiary/aromatic N) is 2. The maximum absolute atomic E-state index is 12.7. The molecule has 8 heteroatoms. The van der Waals surface area contributed by atoms with Gasteiger partial charge < -0.3 is 10.5 Å². The van der Waals surface area contributed by atoms with Crippen molar-refractivity contribution in [1.29, 1.82) is 0 Å². The van der Waals surface area contributed by atoms with Gasteiger partial charge in [-0.15, -0.1) is 0 Å². The van der Waals surface area contributed by atoms with Crippen LogP contribution in [0.5, 0.6) is 0 Å². The van der Waals surface area contributed by atoms with Crippen LogP contribution in [0, 0.1) is 0 Å². The summed E-state index contributed by atoms with van der Waals surface area (Å²) in [4.78, 5) is 19.8. The van der Waals surface area contributed by atoms with Crippen molar-refractivity contribution in [2.45, 2.75) is 25.3 Å². The Bertz CT molecular complexity index is 1030. The number of halogens is 3. The number of amides is 1. The number of hydrogen-bond donors (Lipinski definition) is 1. The summed E-state index contributed by atoms with van der Waals surface area (Å²) in [5.41, 5.74) is 7.84. The Labute approximate surface area is 152 Å². The number of pyridine rings is 2. The second-order valence-corrected chi connectivity index (χ2v) is 6.33. The second-order valence-electron chi connectivity index (χ2n) is 6.33. The summed E-state index contributed by atoms with van der Waals surface area (Å²) in [6.07, 6.45) is -1.97. The van der Waals surface area contributed by atoms with Crippen LogP contribution in [0.3, 0.4) is 0 Å². The van der Waals surface area contributed by atoms with E-state index in [1.807, 2.05) is 0 Å². The number of benzene rings is 1. The molecular weight excluding hydrogens is 359 g/mol. The van der Waals surface area contributed by atoms with Gasteiger partial charge in [0.15, 0.2) is 0 Å². The monoisotopic (exact) mass is 373 g/mol. The fourth-order valence-corrected chi connectivity index (χ4v) is 3.24. The average Bonchev–Trinajstić information content (AvgIpc) is 3.04. The van der Waals surface area contributed by atoms with Crippen molar-refractivity contribution in [2.75, 3.05) is 0 Å². The van der Waals surface area contributed by atoms with Crippen LogP contribution < -0.4 is 5.73 Å². The van der Waals surface area contributed by atoms with E-state index in [0.29, 0.717) is 29.8 Å². The van der Waals surface area contributed by atoms with Crippen LogP contribution in [0.25, 0.3) is 10.9 Å². The molecule has 1 aliphatic rings. The third-order valence-electron chi connectivity index (χ3n) is 4.59. The van der Waals surface area contributed by atoms with Gasteiger partial charge in [-0.1, -0.05) is 0 Å². The van der Waals surface area contributed by atoms with Crippen molar-refractivity contribution < 1.29 is 22.7 Å². The Balaban J connectivity index is 1.70. The Morgan fingerprint density at radius 2 is 2.00 bits per heavy atom. The van der Waals surface area contributed by atoms with E-state index < -0.39 is 23.8 Å². The summed E-state index contributed by atoms with van der Waals surface area (Å²) in [5, 5.41) is 0.748. The fourth-order valence-electron chi connectivity index (χ4n) is 3.24. The number of nitrogens with two attached hydrogens (primary N) is 1. The van der Waals surface area contributed by atoms with Gasteiger partial charge in [0.05, 0.1) is 23.8 Å². The van der Waals surface area contributed by atoms with E-state index in [4.69, 9.17) is 10.5 Å². The largest absolute Gasteiger partial charge is 0.417 e. The third kappa shape index (κ3) is 3.23. The number of primary amides is 1. The van der Waals surface area contributed by atoms with Gasteiger partial charge in [-0.3, -0.25) is 14.8 Å². The quantitative estimate of drug-likeness (QED) is 0.761. The Morgan fingerprint density at radius 3 is 2.67 bits per heavy atom. The van der Waals surface area contributed by atoms with Crippen molar-refractivity contribution in [1.82, 2.24) is 9.97 Å². The molecule has 5 nitrogen and oxygen atoms in total. The molecule has 0 aliphatic carbocycles. The molecule has 2 N–H and O–H groups in total. The summed E-state index contributed by atoms with van der Waals surface area (Å²) in [7, 11) is 0. The lowest BCUT2D eigenvalue weighted by atomic mass is 9.96. The minimum absolute atomic E-state index is 0.311. The van der Waals surface area contributed by atoms with E-state index in [1.54, 1.807) is 24.4 Å². The standard InChI is InChI=1S/C19H14F3N3O2/c20-19(21,22)12-2-3-13(24-8-12)6-16-17-11(9-27-16)7-25-15-4-1-10(18(23)26)5-14(15)17/h1-5,7-8,16H,6,9H2,(H2,23,26). The molecule has 0 fully saturated rings. The number of rotatable bonds is 3. The molecule has 0 saturated heterocycles. The molecule has 0 radical (unpaired) electrons. The highest BCUT2D eigenvalue weighted by Crippen LogP contribution is 2.38. The molecule has 1 amide bonds. The number of fused-ring (bicyclic) bond motifs is 3. The lowest BCUT2D eigenvalue weighted by Gasteiger charge is -2.14. The number of ether oxygens (including phenoxy) is 1. The number of carbonyl (C=O) groups excluding carboxylic acids is 1. The molecule has 1 aromatic carbocycles. The minimum Gasteiger partial charge on any atom is -0.368 e. The highest BCUT2D eigenvalue weighted by atomic mass is 19.4. The first-order valence-electron chi connectivity index (χ1n) is 8.18. The predicted octanol–water partition coefficient (Wildman–Crippen LogP) is 3.56. The van der Waals surface area contributed by atoms with Crippen LogP contribution in [0.2, 0.25) is 0 Å². The van der Waals surface area contributed by atoms with E-state index in [0.717, 1.165) is 28.8 Å². The van der Waals surface area contributed by atoms with Gasteiger partial charge >= 0.3 is 6.18 Å². The molecule has 27 heavy (non-hydrogen) atoms. The van der Waals surface area contributed by atoms with Crippen molar-refractivity contribution >= 4 is 16.8 Å². The summed E-state index contributed by atoms with van der Waals surface area (Å²) < 4.78 is 43.9. The van der Waals surface area contributed by atoms with Crippen LogP contribution in [-0.4, -0.2) is 15.9 Å². The number of hydrogen-bond acceptors (Lipinski definition) is 4. The summed E-state index contributed by atoms with van der Waals surface area (Å²) in [6.45, 7) is 0.338. The fraction of sp³-hybridized carbons (Fsp3) is 0.211. The number of alkyl halides is 3. The molecule has 1 aliphatic heterocycles. The Kier molecular flexibility index (Phi) is 4.07. The maximum atomic E-state index is 12.7. The van der Waals surface area contributed by atoms with E-state index in [1.165, 1.54) is 6.07 Å². The SMILES string of the molecule is NC(=O)c1ccc2ncc3c(c2c1)C(Cc1ccc(C(F)(F)F)cn1)OC3. The molecule has 4 rings (SSSR count). The Morgan fingerprint density at radius 1 is 1.19 bits per heavy atom. The van der Waals surface area contributed by atoms with E-state index in [9.17, 15) is 18.0 Å². The van der Waals surface area contributed by atoms with Gasteiger partial charge in [0.2, 0.25) is 5.91 Å². The molecule has 1 atom stereocenters. The van der Waals surface area contributed by atoms with E-state index in [-0.39, 0.29) is 0 Å². The molecule has 0 bridgehead atoms. The van der Waals surface area contributed by atoms with Crippen molar-refractivity contribution in [3.05, 3.63) is 70.7 Å². The lowest BCUT2D eigenvalue weighted by Crippen LogP contribution is -2.11. The Hall–Kier alpha value is -3.00. The number of aromatic nitrogens is 2. The summed E-state index contributed by atoms with van der Waals surface area (Å²) in [5.74, 6) is -0.547. The zero-order valence-electron chi connectivity index (χ0n) is 14.0. The zero-order chi connectivity index (χ0) is 19.2.